The first-order chi connectivity index (χ1) is 11.5. The lowest BCUT2D eigenvalue weighted by Gasteiger charge is -2.34. The Balaban J connectivity index is 1.75. The van der Waals surface area contributed by atoms with E-state index in [0.29, 0.717) is 18.9 Å². The van der Waals surface area contributed by atoms with Crippen LogP contribution in [0.5, 0.6) is 0 Å². The van der Waals surface area contributed by atoms with Crippen molar-refractivity contribution in [1.29, 1.82) is 5.26 Å². The molecular weight excluding hydrogens is 333 g/mol. The van der Waals surface area contributed by atoms with Crippen molar-refractivity contribution < 1.29 is 12.8 Å². The highest BCUT2D eigenvalue weighted by atomic mass is 32.2. The lowest BCUT2D eigenvalue weighted by Crippen LogP contribution is -2.49. The van der Waals surface area contributed by atoms with Gasteiger partial charge in [0.2, 0.25) is 10.0 Å². The molecule has 0 amide bonds. The van der Waals surface area contributed by atoms with E-state index in [0.717, 1.165) is 12.1 Å². The average molecular weight is 347 g/mol. The summed E-state index contributed by atoms with van der Waals surface area (Å²) in [5, 5.41) is 9.09. The SMILES string of the molecule is N#Cc1nccnc1N1CCN(S(=O)(=O)c2ccc(F)cc2)CC1. The van der Waals surface area contributed by atoms with Crippen LogP contribution >= 0.6 is 0 Å². The van der Waals surface area contributed by atoms with Crippen molar-refractivity contribution >= 4 is 15.8 Å². The molecule has 1 saturated heterocycles. The summed E-state index contributed by atoms with van der Waals surface area (Å²) in [5.41, 5.74) is 0.215. The van der Waals surface area contributed by atoms with Gasteiger partial charge in [-0.1, -0.05) is 0 Å². The summed E-state index contributed by atoms with van der Waals surface area (Å²) in [6, 6.07) is 6.75. The van der Waals surface area contributed by atoms with Crippen LogP contribution in [-0.2, 0) is 10.0 Å². The Morgan fingerprint density at radius 1 is 1.04 bits per heavy atom. The highest BCUT2D eigenvalue weighted by Gasteiger charge is 2.29. The minimum atomic E-state index is -3.66. The summed E-state index contributed by atoms with van der Waals surface area (Å²) in [4.78, 5) is 10.0. The number of hydrogen-bond acceptors (Lipinski definition) is 6. The van der Waals surface area contributed by atoms with Crippen LogP contribution in [0.15, 0.2) is 41.6 Å². The molecule has 0 bridgehead atoms. The van der Waals surface area contributed by atoms with E-state index < -0.39 is 15.8 Å². The van der Waals surface area contributed by atoms with Crippen LogP contribution in [0.2, 0.25) is 0 Å². The number of aromatic nitrogens is 2. The van der Waals surface area contributed by atoms with Crippen LogP contribution in [0, 0.1) is 17.1 Å². The molecule has 1 aliphatic heterocycles. The number of benzene rings is 1. The summed E-state index contributed by atoms with van der Waals surface area (Å²) in [6.07, 6.45) is 2.94. The smallest absolute Gasteiger partial charge is 0.243 e. The Kier molecular flexibility index (Phi) is 4.42. The van der Waals surface area contributed by atoms with Gasteiger partial charge in [0.25, 0.3) is 0 Å². The first-order valence-corrected chi connectivity index (χ1v) is 8.68. The Morgan fingerprint density at radius 3 is 2.29 bits per heavy atom. The van der Waals surface area contributed by atoms with E-state index >= 15 is 0 Å². The second kappa shape index (κ2) is 6.51. The van der Waals surface area contributed by atoms with E-state index in [1.807, 2.05) is 11.0 Å². The molecule has 0 atom stereocenters. The van der Waals surface area contributed by atoms with Gasteiger partial charge in [-0.15, -0.1) is 0 Å². The van der Waals surface area contributed by atoms with Crippen molar-refractivity contribution in [1.82, 2.24) is 14.3 Å². The van der Waals surface area contributed by atoms with Gasteiger partial charge in [0, 0.05) is 38.6 Å². The van der Waals surface area contributed by atoms with E-state index in [1.165, 1.54) is 28.8 Å². The van der Waals surface area contributed by atoms with Crippen molar-refractivity contribution in [3.63, 3.8) is 0 Å². The topological polar surface area (TPSA) is 90.2 Å². The number of hydrogen-bond donors (Lipinski definition) is 0. The third-order valence-corrected chi connectivity index (χ3v) is 5.69. The first-order valence-electron chi connectivity index (χ1n) is 7.24. The molecule has 0 aliphatic carbocycles. The van der Waals surface area contributed by atoms with Gasteiger partial charge in [-0.05, 0) is 24.3 Å². The van der Waals surface area contributed by atoms with Crippen molar-refractivity contribution in [3.05, 3.63) is 48.2 Å². The van der Waals surface area contributed by atoms with Crippen LogP contribution in [0.25, 0.3) is 0 Å². The molecule has 7 nitrogen and oxygen atoms in total. The molecule has 0 radical (unpaired) electrons. The van der Waals surface area contributed by atoms with E-state index in [2.05, 4.69) is 9.97 Å². The molecule has 1 fully saturated rings. The first kappa shape index (κ1) is 16.3. The molecule has 9 heteroatoms. The zero-order valence-electron chi connectivity index (χ0n) is 12.6. The summed E-state index contributed by atoms with van der Waals surface area (Å²) < 4.78 is 39.5. The molecule has 0 spiro atoms. The van der Waals surface area contributed by atoms with Gasteiger partial charge in [0.15, 0.2) is 11.5 Å². The second-order valence-electron chi connectivity index (χ2n) is 5.19. The molecule has 3 rings (SSSR count). The fraction of sp³-hybridized carbons (Fsp3) is 0.267. The lowest BCUT2D eigenvalue weighted by molar-refractivity contribution is 0.383. The minimum absolute atomic E-state index is 0.0644. The maximum absolute atomic E-state index is 13.0. The van der Waals surface area contributed by atoms with Crippen molar-refractivity contribution in [2.24, 2.45) is 0 Å². The van der Waals surface area contributed by atoms with E-state index in [9.17, 15) is 12.8 Å². The van der Waals surface area contributed by atoms with Gasteiger partial charge in [-0.2, -0.15) is 9.57 Å². The maximum Gasteiger partial charge on any atom is 0.243 e. The van der Waals surface area contributed by atoms with Crippen LogP contribution in [0.4, 0.5) is 10.2 Å². The fourth-order valence-corrected chi connectivity index (χ4v) is 3.96. The highest BCUT2D eigenvalue weighted by molar-refractivity contribution is 7.89. The molecule has 2 aromatic rings. The number of anilines is 1. The maximum atomic E-state index is 13.0. The van der Waals surface area contributed by atoms with E-state index in [-0.39, 0.29) is 23.7 Å². The fourth-order valence-electron chi connectivity index (χ4n) is 2.54. The molecule has 0 saturated carbocycles. The Bertz CT molecular complexity index is 871. The Labute approximate surface area is 139 Å². The number of nitriles is 1. The molecule has 0 unspecified atom stereocenters. The third kappa shape index (κ3) is 3.06. The average Bonchev–Trinajstić information content (AvgIpc) is 2.62. The largest absolute Gasteiger partial charge is 0.352 e. The molecule has 1 aliphatic rings. The van der Waals surface area contributed by atoms with Crippen LogP contribution < -0.4 is 4.90 Å². The van der Waals surface area contributed by atoms with Crippen molar-refractivity contribution in [3.8, 4) is 6.07 Å². The van der Waals surface area contributed by atoms with Crippen LogP contribution in [0.3, 0.4) is 0 Å². The molecule has 2 heterocycles. The predicted molar refractivity (Wildman–Crippen MR) is 84.1 cm³/mol. The third-order valence-electron chi connectivity index (χ3n) is 3.77. The number of halogens is 1. The predicted octanol–water partition coefficient (Wildman–Crippen LogP) is 0.998. The summed E-state index contributed by atoms with van der Waals surface area (Å²) in [7, 11) is -3.66. The summed E-state index contributed by atoms with van der Waals surface area (Å²) >= 11 is 0. The second-order valence-corrected chi connectivity index (χ2v) is 7.12. The molecule has 124 valence electrons. The standard InChI is InChI=1S/C15H14FN5O2S/c16-12-1-3-13(4-2-12)24(22,23)21-9-7-20(8-10-21)15-14(11-17)18-5-6-19-15/h1-6H,7-10H2. The Morgan fingerprint density at radius 2 is 1.67 bits per heavy atom. The van der Waals surface area contributed by atoms with Crippen molar-refractivity contribution in [2.75, 3.05) is 31.1 Å². The number of nitrogens with zero attached hydrogens (tertiary/aromatic N) is 5. The van der Waals surface area contributed by atoms with Crippen LogP contribution in [-0.4, -0.2) is 48.9 Å². The van der Waals surface area contributed by atoms with Crippen molar-refractivity contribution in [2.45, 2.75) is 4.90 Å². The Hall–Kier alpha value is -2.57. The molecule has 1 aromatic heterocycles. The zero-order chi connectivity index (χ0) is 17.2. The van der Waals surface area contributed by atoms with Gasteiger partial charge in [0.1, 0.15) is 11.9 Å². The molecule has 0 N–H and O–H groups in total. The van der Waals surface area contributed by atoms with Gasteiger partial charge >= 0.3 is 0 Å². The summed E-state index contributed by atoms with van der Waals surface area (Å²) in [6.45, 7) is 1.30. The van der Waals surface area contributed by atoms with Gasteiger partial charge in [-0.3, -0.25) is 0 Å². The van der Waals surface area contributed by atoms with Crippen LogP contribution in [0.1, 0.15) is 5.69 Å². The summed E-state index contributed by atoms with van der Waals surface area (Å²) in [5.74, 6) is -0.0238. The van der Waals surface area contributed by atoms with Gasteiger partial charge in [-0.25, -0.2) is 22.8 Å². The normalized spacial score (nSPS) is 15.9. The van der Waals surface area contributed by atoms with Gasteiger partial charge < -0.3 is 4.90 Å². The number of sulfonamides is 1. The highest BCUT2D eigenvalue weighted by Crippen LogP contribution is 2.21. The molecule has 24 heavy (non-hydrogen) atoms. The lowest BCUT2D eigenvalue weighted by atomic mass is 10.3. The quantitative estimate of drug-likeness (QED) is 0.823. The van der Waals surface area contributed by atoms with E-state index in [4.69, 9.17) is 5.26 Å². The molecule has 1 aromatic carbocycles. The minimum Gasteiger partial charge on any atom is -0.352 e. The number of rotatable bonds is 3. The van der Waals surface area contributed by atoms with E-state index in [1.54, 1.807) is 0 Å². The zero-order valence-corrected chi connectivity index (χ0v) is 13.4. The van der Waals surface area contributed by atoms with Gasteiger partial charge in [0.05, 0.1) is 4.90 Å². The monoisotopic (exact) mass is 347 g/mol. The molecular formula is C15H14FN5O2S. The number of piperazine rings is 1.